The Morgan fingerprint density at radius 3 is 2.94 bits per heavy atom. The maximum Gasteiger partial charge on any atom is 0.251 e. The fraction of sp³-hybridized carbons (Fsp3) is 0.909. The largest absolute Gasteiger partial charge is 0.376 e. The van der Waals surface area contributed by atoms with Gasteiger partial charge in [0.2, 0.25) is 0 Å². The average molecular weight is 292 g/mol. The summed E-state index contributed by atoms with van der Waals surface area (Å²) in [6.45, 7) is 1.50. The maximum atomic E-state index is 11.9. The van der Waals surface area contributed by atoms with Gasteiger partial charge < -0.3 is 14.8 Å². The second-order valence-corrected chi connectivity index (χ2v) is 5.04. The van der Waals surface area contributed by atoms with Crippen molar-refractivity contribution in [2.45, 2.75) is 31.4 Å². The number of hydrogen-bond donors (Lipinski definition) is 1. The van der Waals surface area contributed by atoms with Crippen LogP contribution in [-0.4, -0.2) is 43.2 Å². The minimum absolute atomic E-state index is 0.0162. The Kier molecular flexibility index (Phi) is 4.61. The van der Waals surface area contributed by atoms with Crippen molar-refractivity contribution in [1.29, 1.82) is 0 Å². The molecule has 1 saturated carbocycles. The summed E-state index contributed by atoms with van der Waals surface area (Å²) in [5, 5.41) is 4.03. The normalized spacial score (nSPS) is 34.9. The molecule has 0 aromatic rings. The molecule has 3 unspecified atom stereocenters. The van der Waals surface area contributed by atoms with Gasteiger partial charge in [-0.25, -0.2) is 0 Å². The molecule has 92 valence electrons. The molecule has 1 aliphatic carbocycles. The Morgan fingerprint density at radius 2 is 2.25 bits per heavy atom. The molecule has 1 N–H and O–H groups in total. The van der Waals surface area contributed by atoms with Gasteiger partial charge in [-0.2, -0.15) is 0 Å². The molecule has 0 bridgehead atoms. The van der Waals surface area contributed by atoms with Crippen LogP contribution in [0.3, 0.4) is 0 Å². The Morgan fingerprint density at radius 1 is 1.38 bits per heavy atom. The number of hydrogen-bond acceptors (Lipinski definition) is 3. The molecule has 2 aliphatic rings. The molecule has 4 nitrogen and oxygen atoms in total. The zero-order valence-corrected chi connectivity index (χ0v) is 10.9. The lowest BCUT2D eigenvalue weighted by Crippen LogP contribution is -2.47. The number of carbonyl (C=O) groups is 1. The van der Waals surface area contributed by atoms with E-state index >= 15 is 0 Å². The van der Waals surface area contributed by atoms with E-state index in [1.165, 1.54) is 12.8 Å². The van der Waals surface area contributed by atoms with Crippen LogP contribution in [0.4, 0.5) is 0 Å². The lowest BCUT2D eigenvalue weighted by atomic mass is 10.1. The summed E-state index contributed by atoms with van der Waals surface area (Å²) in [5.74, 6) is 0.547. The highest BCUT2D eigenvalue weighted by Gasteiger charge is 2.31. The molecule has 0 aromatic heterocycles. The van der Waals surface area contributed by atoms with E-state index in [1.54, 1.807) is 0 Å². The monoisotopic (exact) mass is 291 g/mol. The summed E-state index contributed by atoms with van der Waals surface area (Å²) >= 11 is 3.50. The number of ether oxygens (including phenoxy) is 2. The Bertz CT molecular complexity index is 243. The van der Waals surface area contributed by atoms with Crippen molar-refractivity contribution in [2.75, 3.05) is 25.2 Å². The van der Waals surface area contributed by atoms with E-state index in [4.69, 9.17) is 9.47 Å². The van der Waals surface area contributed by atoms with Crippen LogP contribution in [-0.2, 0) is 14.3 Å². The lowest BCUT2D eigenvalue weighted by Gasteiger charge is -2.25. The van der Waals surface area contributed by atoms with Crippen LogP contribution in [0, 0.1) is 5.92 Å². The van der Waals surface area contributed by atoms with E-state index < -0.39 is 6.10 Å². The summed E-state index contributed by atoms with van der Waals surface area (Å²) in [5.41, 5.74) is 0. The van der Waals surface area contributed by atoms with E-state index in [-0.39, 0.29) is 5.91 Å². The van der Waals surface area contributed by atoms with Gasteiger partial charge in [-0.05, 0) is 18.8 Å². The van der Waals surface area contributed by atoms with E-state index in [2.05, 4.69) is 21.2 Å². The minimum atomic E-state index is -0.412. The molecule has 5 heteroatoms. The first-order valence-corrected chi connectivity index (χ1v) is 6.99. The highest BCUT2D eigenvalue weighted by atomic mass is 79.9. The van der Waals surface area contributed by atoms with E-state index in [0.717, 1.165) is 11.8 Å². The van der Waals surface area contributed by atoms with E-state index in [0.29, 0.717) is 31.8 Å². The quantitative estimate of drug-likeness (QED) is 0.792. The van der Waals surface area contributed by atoms with Crippen LogP contribution >= 0.6 is 15.9 Å². The van der Waals surface area contributed by atoms with Gasteiger partial charge in [0, 0.05) is 11.4 Å². The molecule has 3 atom stereocenters. The molecule has 0 spiro atoms. The molecular formula is C11H18BrNO3. The second-order valence-electron chi connectivity index (χ2n) is 4.39. The highest BCUT2D eigenvalue weighted by molar-refractivity contribution is 9.09. The third-order valence-electron chi connectivity index (χ3n) is 3.29. The Balaban J connectivity index is 1.81. The molecule has 1 saturated heterocycles. The number of amides is 1. The molecular weight excluding hydrogens is 274 g/mol. The SMILES string of the molecule is O=C(NC1CCCC1CBr)C1COCCO1. The molecule has 1 aliphatic heterocycles. The molecule has 0 radical (unpaired) electrons. The second kappa shape index (κ2) is 5.98. The van der Waals surface area contributed by atoms with Gasteiger partial charge in [0.15, 0.2) is 6.10 Å². The zero-order chi connectivity index (χ0) is 11.4. The van der Waals surface area contributed by atoms with Crippen LogP contribution in [0.5, 0.6) is 0 Å². The van der Waals surface area contributed by atoms with Crippen molar-refractivity contribution in [3.05, 3.63) is 0 Å². The summed E-state index contributed by atoms with van der Waals surface area (Å²) in [6, 6.07) is 0.303. The van der Waals surface area contributed by atoms with Crippen LogP contribution in [0.25, 0.3) is 0 Å². The number of halogens is 1. The average Bonchev–Trinajstić information content (AvgIpc) is 2.77. The Hall–Kier alpha value is -0.130. The van der Waals surface area contributed by atoms with Crippen molar-refractivity contribution in [3.63, 3.8) is 0 Å². The van der Waals surface area contributed by atoms with Gasteiger partial charge in [-0.3, -0.25) is 4.79 Å². The standard InChI is InChI=1S/C11H18BrNO3/c12-6-8-2-1-3-9(8)13-11(14)10-7-15-4-5-16-10/h8-10H,1-7H2,(H,13,14). The number of nitrogens with one attached hydrogen (secondary N) is 1. The number of alkyl halides is 1. The van der Waals surface area contributed by atoms with Crippen molar-refractivity contribution >= 4 is 21.8 Å². The zero-order valence-electron chi connectivity index (χ0n) is 9.28. The summed E-state index contributed by atoms with van der Waals surface area (Å²) in [7, 11) is 0. The van der Waals surface area contributed by atoms with Crippen LogP contribution in [0.2, 0.25) is 0 Å². The fourth-order valence-electron chi connectivity index (χ4n) is 2.33. The Labute approximate surface area is 104 Å². The maximum absolute atomic E-state index is 11.9. The first-order valence-electron chi connectivity index (χ1n) is 5.87. The highest BCUT2D eigenvalue weighted by Crippen LogP contribution is 2.27. The lowest BCUT2D eigenvalue weighted by molar-refractivity contribution is -0.148. The summed E-state index contributed by atoms with van der Waals surface area (Å²) in [6.07, 6.45) is 3.06. The van der Waals surface area contributed by atoms with Gasteiger partial charge in [0.1, 0.15) is 0 Å². The van der Waals surface area contributed by atoms with Gasteiger partial charge in [0.05, 0.1) is 19.8 Å². The number of carbonyl (C=O) groups excluding carboxylic acids is 1. The van der Waals surface area contributed by atoms with Crippen molar-refractivity contribution in [1.82, 2.24) is 5.32 Å². The van der Waals surface area contributed by atoms with Crippen molar-refractivity contribution < 1.29 is 14.3 Å². The van der Waals surface area contributed by atoms with Crippen LogP contribution < -0.4 is 5.32 Å². The molecule has 0 aromatic carbocycles. The fourth-order valence-corrected chi connectivity index (χ4v) is 3.10. The number of rotatable bonds is 3. The molecule has 2 rings (SSSR count). The first kappa shape index (κ1) is 12.3. The third kappa shape index (κ3) is 2.96. The van der Waals surface area contributed by atoms with Crippen LogP contribution in [0.15, 0.2) is 0 Å². The van der Waals surface area contributed by atoms with Crippen LogP contribution in [0.1, 0.15) is 19.3 Å². The topological polar surface area (TPSA) is 47.6 Å². The smallest absolute Gasteiger partial charge is 0.251 e. The molecule has 1 heterocycles. The van der Waals surface area contributed by atoms with E-state index in [9.17, 15) is 4.79 Å². The van der Waals surface area contributed by atoms with Gasteiger partial charge in [0.25, 0.3) is 5.91 Å². The molecule has 16 heavy (non-hydrogen) atoms. The molecule has 2 fully saturated rings. The predicted molar refractivity (Wildman–Crippen MR) is 63.6 cm³/mol. The van der Waals surface area contributed by atoms with Gasteiger partial charge in [-0.1, -0.05) is 22.4 Å². The van der Waals surface area contributed by atoms with Gasteiger partial charge >= 0.3 is 0 Å². The van der Waals surface area contributed by atoms with E-state index in [1.807, 2.05) is 0 Å². The predicted octanol–water partition coefficient (Wildman–Crippen LogP) is 1.08. The molecule has 1 amide bonds. The minimum Gasteiger partial charge on any atom is -0.376 e. The summed E-state index contributed by atoms with van der Waals surface area (Å²) < 4.78 is 10.6. The van der Waals surface area contributed by atoms with Gasteiger partial charge in [-0.15, -0.1) is 0 Å². The first-order chi connectivity index (χ1) is 7.81. The van der Waals surface area contributed by atoms with Crippen molar-refractivity contribution in [3.8, 4) is 0 Å². The summed E-state index contributed by atoms with van der Waals surface area (Å²) in [4.78, 5) is 11.9. The third-order valence-corrected chi connectivity index (χ3v) is 4.12. The van der Waals surface area contributed by atoms with Crippen molar-refractivity contribution in [2.24, 2.45) is 5.92 Å².